The molecule has 0 atom stereocenters. The molecule has 1 aromatic carbocycles. The van der Waals surface area contributed by atoms with E-state index in [1.165, 1.54) is 0 Å². The van der Waals surface area contributed by atoms with E-state index < -0.39 is 0 Å². The molecule has 3 rings (SSSR count). The van der Waals surface area contributed by atoms with Crippen LogP contribution in [0, 0.1) is 0 Å². The molecular weight excluding hydrogens is 240 g/mol. The number of oxazole rings is 1. The van der Waals surface area contributed by atoms with Crippen molar-refractivity contribution in [2.24, 2.45) is 0 Å². The van der Waals surface area contributed by atoms with Gasteiger partial charge in [-0.05, 0) is 29.8 Å². The van der Waals surface area contributed by atoms with Gasteiger partial charge in [0.15, 0.2) is 5.58 Å². The summed E-state index contributed by atoms with van der Waals surface area (Å²) in [5.41, 5.74) is 9.07. The normalized spacial score (nSPS) is 10.8. The second-order valence-electron chi connectivity index (χ2n) is 4.44. The molecule has 5 heteroatoms. The Balaban J connectivity index is 1.87. The van der Waals surface area contributed by atoms with E-state index in [-0.39, 0.29) is 0 Å². The van der Waals surface area contributed by atoms with E-state index in [0.29, 0.717) is 23.8 Å². The number of pyridine rings is 1. The number of anilines is 2. The molecule has 2 heterocycles. The quantitative estimate of drug-likeness (QED) is 0.727. The first-order valence-corrected chi connectivity index (χ1v) is 5.98. The molecule has 0 saturated heterocycles. The lowest BCUT2D eigenvalue weighted by Gasteiger charge is -2.13. The highest BCUT2D eigenvalue weighted by Crippen LogP contribution is 2.23. The van der Waals surface area contributed by atoms with Gasteiger partial charge in [0.05, 0.1) is 0 Å². The number of fused-ring (bicyclic) bond motifs is 1. The van der Waals surface area contributed by atoms with Gasteiger partial charge in [0.2, 0.25) is 0 Å². The molecule has 0 bridgehead atoms. The van der Waals surface area contributed by atoms with Crippen LogP contribution in [0.15, 0.2) is 47.1 Å². The molecule has 0 amide bonds. The first-order chi connectivity index (χ1) is 9.22. The van der Waals surface area contributed by atoms with Crippen molar-refractivity contribution in [3.63, 3.8) is 0 Å². The van der Waals surface area contributed by atoms with Gasteiger partial charge in [-0.3, -0.25) is 4.98 Å². The highest BCUT2D eigenvalue weighted by molar-refractivity contribution is 5.78. The number of hydrogen-bond donors (Lipinski definition) is 1. The SMILES string of the molecule is CN(Cc1ccncc1)c1nc2ccc(N)cc2o1. The molecular formula is C14H14N4O. The van der Waals surface area contributed by atoms with Crippen LogP contribution < -0.4 is 10.6 Å². The minimum atomic E-state index is 0.581. The van der Waals surface area contributed by atoms with Gasteiger partial charge >= 0.3 is 0 Å². The molecule has 3 aromatic rings. The summed E-state index contributed by atoms with van der Waals surface area (Å²) in [5.74, 6) is 0. The fraction of sp³-hybridized carbons (Fsp3) is 0.143. The molecule has 5 nitrogen and oxygen atoms in total. The van der Waals surface area contributed by atoms with Gasteiger partial charge < -0.3 is 15.1 Å². The molecule has 0 spiro atoms. The van der Waals surface area contributed by atoms with Crippen molar-refractivity contribution >= 4 is 22.8 Å². The minimum absolute atomic E-state index is 0.581. The fourth-order valence-corrected chi connectivity index (χ4v) is 1.92. The lowest BCUT2D eigenvalue weighted by atomic mass is 10.2. The van der Waals surface area contributed by atoms with Gasteiger partial charge in [0.25, 0.3) is 6.01 Å². The van der Waals surface area contributed by atoms with Crippen LogP contribution in [0.2, 0.25) is 0 Å². The third-order valence-electron chi connectivity index (χ3n) is 2.90. The molecule has 19 heavy (non-hydrogen) atoms. The van der Waals surface area contributed by atoms with Crippen molar-refractivity contribution in [3.05, 3.63) is 48.3 Å². The maximum absolute atomic E-state index is 5.72. The van der Waals surface area contributed by atoms with Crippen LogP contribution in [0.5, 0.6) is 0 Å². The first-order valence-electron chi connectivity index (χ1n) is 5.98. The van der Waals surface area contributed by atoms with E-state index in [0.717, 1.165) is 11.1 Å². The number of nitrogens with two attached hydrogens (primary N) is 1. The van der Waals surface area contributed by atoms with Crippen LogP contribution in [0.1, 0.15) is 5.56 Å². The monoisotopic (exact) mass is 254 g/mol. The van der Waals surface area contributed by atoms with Gasteiger partial charge in [-0.2, -0.15) is 4.98 Å². The second kappa shape index (κ2) is 4.61. The number of hydrogen-bond acceptors (Lipinski definition) is 5. The second-order valence-corrected chi connectivity index (χ2v) is 4.44. The zero-order valence-electron chi connectivity index (χ0n) is 10.6. The summed E-state index contributed by atoms with van der Waals surface area (Å²) in [4.78, 5) is 10.4. The molecule has 0 aliphatic heterocycles. The number of rotatable bonds is 3. The molecule has 0 aliphatic rings. The van der Waals surface area contributed by atoms with E-state index >= 15 is 0 Å². The largest absolute Gasteiger partial charge is 0.423 e. The zero-order valence-corrected chi connectivity index (χ0v) is 10.6. The Kier molecular flexibility index (Phi) is 2.79. The Morgan fingerprint density at radius 2 is 2.00 bits per heavy atom. The summed E-state index contributed by atoms with van der Waals surface area (Å²) in [6.07, 6.45) is 3.55. The van der Waals surface area contributed by atoms with Gasteiger partial charge in [-0.1, -0.05) is 0 Å². The molecule has 2 aromatic heterocycles. The molecule has 0 unspecified atom stereocenters. The third-order valence-corrected chi connectivity index (χ3v) is 2.90. The predicted molar refractivity (Wildman–Crippen MR) is 74.8 cm³/mol. The molecule has 0 aliphatic carbocycles. The summed E-state index contributed by atoms with van der Waals surface area (Å²) in [6, 6.07) is 9.98. The smallest absolute Gasteiger partial charge is 0.298 e. The Bertz CT molecular complexity index is 693. The molecule has 96 valence electrons. The maximum atomic E-state index is 5.72. The Hall–Kier alpha value is -2.56. The summed E-state index contributed by atoms with van der Waals surface area (Å²) in [6.45, 7) is 0.713. The average Bonchev–Trinajstić information content (AvgIpc) is 2.83. The molecule has 0 fully saturated rings. The number of nitrogens with zero attached hydrogens (tertiary/aromatic N) is 3. The van der Waals surface area contributed by atoms with Gasteiger partial charge in [0, 0.05) is 37.7 Å². The predicted octanol–water partition coefficient (Wildman–Crippen LogP) is 2.44. The lowest BCUT2D eigenvalue weighted by molar-refractivity contribution is 0.582. The van der Waals surface area contributed by atoms with E-state index in [2.05, 4.69) is 9.97 Å². The Labute approximate surface area is 110 Å². The van der Waals surface area contributed by atoms with Gasteiger partial charge in [-0.15, -0.1) is 0 Å². The van der Waals surface area contributed by atoms with Crippen LogP contribution >= 0.6 is 0 Å². The summed E-state index contributed by atoms with van der Waals surface area (Å²) in [7, 11) is 1.94. The Morgan fingerprint density at radius 3 is 2.79 bits per heavy atom. The minimum Gasteiger partial charge on any atom is -0.423 e. The van der Waals surface area contributed by atoms with E-state index in [1.54, 1.807) is 18.5 Å². The van der Waals surface area contributed by atoms with E-state index in [1.807, 2.05) is 36.2 Å². The number of nitrogen functional groups attached to an aromatic ring is 1. The van der Waals surface area contributed by atoms with Gasteiger partial charge in [-0.25, -0.2) is 0 Å². The van der Waals surface area contributed by atoms with Crippen molar-refractivity contribution in [2.45, 2.75) is 6.54 Å². The van der Waals surface area contributed by atoms with E-state index in [4.69, 9.17) is 10.2 Å². The molecule has 2 N–H and O–H groups in total. The summed E-state index contributed by atoms with van der Waals surface area (Å²) < 4.78 is 5.70. The van der Waals surface area contributed by atoms with E-state index in [9.17, 15) is 0 Å². The summed E-state index contributed by atoms with van der Waals surface area (Å²) in [5, 5.41) is 0. The highest BCUT2D eigenvalue weighted by atomic mass is 16.4. The van der Waals surface area contributed by atoms with Crippen LogP contribution in [0.3, 0.4) is 0 Å². The van der Waals surface area contributed by atoms with Gasteiger partial charge in [0.1, 0.15) is 5.52 Å². The number of aromatic nitrogens is 2. The number of benzene rings is 1. The molecule has 0 saturated carbocycles. The van der Waals surface area contributed by atoms with Crippen molar-refractivity contribution in [1.82, 2.24) is 9.97 Å². The lowest BCUT2D eigenvalue weighted by Crippen LogP contribution is -2.16. The Morgan fingerprint density at radius 1 is 1.21 bits per heavy atom. The molecule has 0 radical (unpaired) electrons. The van der Waals surface area contributed by atoms with Crippen molar-refractivity contribution in [2.75, 3.05) is 17.7 Å². The third kappa shape index (κ3) is 2.35. The summed E-state index contributed by atoms with van der Waals surface area (Å²) >= 11 is 0. The van der Waals surface area contributed by atoms with Crippen molar-refractivity contribution < 1.29 is 4.42 Å². The van der Waals surface area contributed by atoms with Crippen LogP contribution in [-0.4, -0.2) is 17.0 Å². The zero-order chi connectivity index (χ0) is 13.2. The van der Waals surface area contributed by atoms with Crippen LogP contribution in [0.4, 0.5) is 11.7 Å². The average molecular weight is 254 g/mol. The first kappa shape index (κ1) is 11.5. The highest BCUT2D eigenvalue weighted by Gasteiger charge is 2.10. The van der Waals surface area contributed by atoms with Crippen molar-refractivity contribution in [3.8, 4) is 0 Å². The maximum Gasteiger partial charge on any atom is 0.298 e. The van der Waals surface area contributed by atoms with Crippen molar-refractivity contribution in [1.29, 1.82) is 0 Å². The van der Waals surface area contributed by atoms with Crippen LogP contribution in [0.25, 0.3) is 11.1 Å². The fourth-order valence-electron chi connectivity index (χ4n) is 1.92. The topological polar surface area (TPSA) is 68.2 Å². The van der Waals surface area contributed by atoms with Crippen LogP contribution in [-0.2, 0) is 6.54 Å². The standard InChI is InChI=1S/C14H14N4O/c1-18(9-10-4-6-16-7-5-10)14-17-12-3-2-11(15)8-13(12)19-14/h2-8H,9,15H2,1H3.